The second kappa shape index (κ2) is 6.00. The summed E-state index contributed by atoms with van der Waals surface area (Å²) in [6.45, 7) is 3.15. The fourth-order valence-electron chi connectivity index (χ4n) is 2.52. The molecule has 2 rings (SSSR count). The zero-order valence-electron chi connectivity index (χ0n) is 11.8. The summed E-state index contributed by atoms with van der Waals surface area (Å²) in [5.41, 5.74) is 0.791. The molecule has 1 aromatic carbocycles. The third-order valence-electron chi connectivity index (χ3n) is 3.80. The van der Waals surface area contributed by atoms with Gasteiger partial charge in [-0.2, -0.15) is 0 Å². The predicted octanol–water partition coefficient (Wildman–Crippen LogP) is 2.30. The smallest absolute Gasteiger partial charge is 0.293 e. The summed E-state index contributed by atoms with van der Waals surface area (Å²) in [4.78, 5) is 24.2. The minimum atomic E-state index is -0.451. The van der Waals surface area contributed by atoms with Gasteiger partial charge in [-0.15, -0.1) is 0 Å². The van der Waals surface area contributed by atoms with Crippen LogP contribution in [0, 0.1) is 10.1 Å². The van der Waals surface area contributed by atoms with Gasteiger partial charge in [-0.05, 0) is 45.5 Å². The maximum Gasteiger partial charge on any atom is 0.293 e. The normalized spacial score (nSPS) is 19.0. The number of nitro benzene ring substituents is 1. The van der Waals surface area contributed by atoms with Crippen molar-refractivity contribution in [3.63, 3.8) is 0 Å². The number of Topliss-reactive ketones (excluding diaryl/α,β-unsaturated/α-hetero) is 1. The van der Waals surface area contributed by atoms with E-state index in [1.807, 2.05) is 0 Å². The minimum Gasteiger partial charge on any atom is -0.378 e. The molecule has 0 saturated carbocycles. The van der Waals surface area contributed by atoms with Gasteiger partial charge in [-0.3, -0.25) is 14.9 Å². The number of rotatable bonds is 5. The molecule has 6 heteroatoms. The Morgan fingerprint density at radius 3 is 2.85 bits per heavy atom. The van der Waals surface area contributed by atoms with Gasteiger partial charge in [0.05, 0.1) is 4.92 Å². The Labute approximate surface area is 117 Å². The quantitative estimate of drug-likeness (QED) is 0.508. The summed E-state index contributed by atoms with van der Waals surface area (Å²) in [5.74, 6) is -0.171. The SMILES string of the molecule is CC(=O)c1ccc(NCC2CCCN2C)c([N+](=O)[O-])c1. The lowest BCUT2D eigenvalue weighted by atomic mass is 10.1. The third-order valence-corrected chi connectivity index (χ3v) is 3.80. The molecule has 1 atom stereocenters. The predicted molar refractivity (Wildman–Crippen MR) is 77.2 cm³/mol. The van der Waals surface area contributed by atoms with Gasteiger partial charge in [0.2, 0.25) is 0 Å². The van der Waals surface area contributed by atoms with E-state index in [0.29, 0.717) is 23.8 Å². The first-order valence-corrected chi connectivity index (χ1v) is 6.72. The molecule has 1 fully saturated rings. The number of carbonyl (C=O) groups excluding carboxylic acids is 1. The van der Waals surface area contributed by atoms with Crippen molar-refractivity contribution in [1.29, 1.82) is 0 Å². The van der Waals surface area contributed by atoms with Gasteiger partial charge < -0.3 is 10.2 Å². The number of benzene rings is 1. The van der Waals surface area contributed by atoms with E-state index in [-0.39, 0.29) is 11.5 Å². The Morgan fingerprint density at radius 2 is 2.30 bits per heavy atom. The second-order valence-electron chi connectivity index (χ2n) is 5.20. The van der Waals surface area contributed by atoms with Crippen molar-refractivity contribution >= 4 is 17.2 Å². The van der Waals surface area contributed by atoms with E-state index in [4.69, 9.17) is 0 Å². The van der Waals surface area contributed by atoms with E-state index < -0.39 is 4.92 Å². The summed E-state index contributed by atoms with van der Waals surface area (Å²) in [5, 5.41) is 14.2. The van der Waals surface area contributed by atoms with Crippen molar-refractivity contribution in [2.45, 2.75) is 25.8 Å². The minimum absolute atomic E-state index is 0.0432. The van der Waals surface area contributed by atoms with E-state index in [0.717, 1.165) is 19.4 Å². The molecule has 0 bridgehead atoms. The monoisotopic (exact) mass is 277 g/mol. The van der Waals surface area contributed by atoms with Crippen LogP contribution >= 0.6 is 0 Å². The number of hydrogen-bond donors (Lipinski definition) is 1. The number of likely N-dealkylation sites (tertiary alicyclic amines) is 1. The molecule has 1 aliphatic rings. The maximum atomic E-state index is 11.3. The van der Waals surface area contributed by atoms with E-state index >= 15 is 0 Å². The van der Waals surface area contributed by atoms with Crippen LogP contribution in [0.5, 0.6) is 0 Å². The summed E-state index contributed by atoms with van der Waals surface area (Å²) >= 11 is 0. The van der Waals surface area contributed by atoms with E-state index in [1.165, 1.54) is 13.0 Å². The van der Waals surface area contributed by atoms with Crippen LogP contribution in [0.15, 0.2) is 18.2 Å². The van der Waals surface area contributed by atoms with Gasteiger partial charge in [0, 0.05) is 24.2 Å². The zero-order chi connectivity index (χ0) is 14.7. The van der Waals surface area contributed by atoms with Gasteiger partial charge >= 0.3 is 0 Å². The molecular formula is C14H19N3O3. The maximum absolute atomic E-state index is 11.3. The van der Waals surface area contributed by atoms with Crippen molar-refractivity contribution in [2.24, 2.45) is 0 Å². The van der Waals surface area contributed by atoms with E-state index in [2.05, 4.69) is 17.3 Å². The Morgan fingerprint density at radius 1 is 1.55 bits per heavy atom. The highest BCUT2D eigenvalue weighted by Crippen LogP contribution is 2.26. The summed E-state index contributed by atoms with van der Waals surface area (Å²) < 4.78 is 0. The van der Waals surface area contributed by atoms with Crippen LogP contribution in [0.4, 0.5) is 11.4 Å². The van der Waals surface area contributed by atoms with Crippen LogP contribution in [0.2, 0.25) is 0 Å². The Bertz CT molecular complexity index is 530. The van der Waals surface area contributed by atoms with Crippen LogP contribution in [0.25, 0.3) is 0 Å². The molecule has 1 N–H and O–H groups in total. The summed E-state index contributed by atoms with van der Waals surface area (Å²) in [6, 6.07) is 4.98. The topological polar surface area (TPSA) is 75.5 Å². The zero-order valence-corrected chi connectivity index (χ0v) is 11.8. The number of nitro groups is 1. The average Bonchev–Trinajstić information content (AvgIpc) is 2.81. The number of nitrogens with zero attached hydrogens (tertiary/aromatic N) is 2. The van der Waals surface area contributed by atoms with Crippen molar-refractivity contribution in [1.82, 2.24) is 4.90 Å². The fraction of sp³-hybridized carbons (Fsp3) is 0.500. The molecular weight excluding hydrogens is 258 g/mol. The fourth-order valence-corrected chi connectivity index (χ4v) is 2.52. The average molecular weight is 277 g/mol. The molecule has 1 unspecified atom stereocenters. The van der Waals surface area contributed by atoms with E-state index in [1.54, 1.807) is 12.1 Å². The van der Waals surface area contributed by atoms with Gasteiger partial charge in [0.1, 0.15) is 5.69 Å². The molecule has 108 valence electrons. The van der Waals surface area contributed by atoms with Crippen LogP contribution in [0.3, 0.4) is 0 Å². The molecule has 20 heavy (non-hydrogen) atoms. The molecule has 1 aromatic rings. The lowest BCUT2D eigenvalue weighted by Gasteiger charge is -2.20. The number of hydrogen-bond acceptors (Lipinski definition) is 5. The Hall–Kier alpha value is -1.95. The highest BCUT2D eigenvalue weighted by atomic mass is 16.6. The summed E-state index contributed by atoms with van der Waals surface area (Å²) in [7, 11) is 2.06. The molecule has 6 nitrogen and oxygen atoms in total. The molecule has 0 radical (unpaired) electrons. The van der Waals surface area contributed by atoms with Gasteiger partial charge in [0.15, 0.2) is 5.78 Å². The van der Waals surface area contributed by atoms with Crippen molar-refractivity contribution < 1.29 is 9.72 Å². The van der Waals surface area contributed by atoms with Crippen molar-refractivity contribution in [3.05, 3.63) is 33.9 Å². The van der Waals surface area contributed by atoms with E-state index in [9.17, 15) is 14.9 Å². The number of anilines is 1. The van der Waals surface area contributed by atoms with Crippen molar-refractivity contribution in [2.75, 3.05) is 25.5 Å². The van der Waals surface area contributed by atoms with Crippen LogP contribution in [-0.2, 0) is 0 Å². The largest absolute Gasteiger partial charge is 0.378 e. The van der Waals surface area contributed by atoms with Crippen LogP contribution in [-0.4, -0.2) is 41.8 Å². The Balaban J connectivity index is 2.14. The molecule has 0 aliphatic carbocycles. The third kappa shape index (κ3) is 3.14. The van der Waals surface area contributed by atoms with Crippen LogP contribution < -0.4 is 5.32 Å². The lowest BCUT2D eigenvalue weighted by molar-refractivity contribution is -0.384. The standard InChI is InChI=1S/C14H19N3O3/c1-10(18)11-5-6-13(14(8-11)17(19)20)15-9-12-4-3-7-16(12)2/h5-6,8,12,15H,3-4,7,9H2,1-2H3. The number of nitrogens with one attached hydrogen (secondary N) is 1. The first-order valence-electron chi connectivity index (χ1n) is 6.72. The molecule has 1 heterocycles. The van der Waals surface area contributed by atoms with Crippen molar-refractivity contribution in [3.8, 4) is 0 Å². The molecule has 1 aliphatic heterocycles. The van der Waals surface area contributed by atoms with Gasteiger partial charge in [-0.1, -0.05) is 0 Å². The highest BCUT2D eigenvalue weighted by Gasteiger charge is 2.22. The number of carbonyl (C=O) groups is 1. The second-order valence-corrected chi connectivity index (χ2v) is 5.20. The first-order chi connectivity index (χ1) is 9.49. The molecule has 0 amide bonds. The summed E-state index contributed by atoms with van der Waals surface area (Å²) in [6.07, 6.45) is 2.26. The number of ketones is 1. The Kier molecular flexibility index (Phi) is 4.34. The number of likely N-dealkylation sites (N-methyl/N-ethyl adjacent to an activating group) is 1. The van der Waals surface area contributed by atoms with Crippen LogP contribution in [0.1, 0.15) is 30.1 Å². The van der Waals surface area contributed by atoms with Gasteiger partial charge in [0.25, 0.3) is 5.69 Å². The molecule has 0 spiro atoms. The first kappa shape index (κ1) is 14.5. The van der Waals surface area contributed by atoms with Gasteiger partial charge in [-0.25, -0.2) is 0 Å². The highest BCUT2D eigenvalue weighted by molar-refractivity contribution is 5.95. The lowest BCUT2D eigenvalue weighted by Crippen LogP contribution is -2.31. The molecule has 1 saturated heterocycles. The molecule has 0 aromatic heterocycles.